The summed E-state index contributed by atoms with van der Waals surface area (Å²) in [6.45, 7) is 3.99. The summed E-state index contributed by atoms with van der Waals surface area (Å²) < 4.78 is 21.2. The number of hydrogen-bond donors (Lipinski definition) is 1. The van der Waals surface area contributed by atoms with Gasteiger partial charge in [-0.05, 0) is 0 Å². The molecule has 0 radical (unpaired) electrons. The van der Waals surface area contributed by atoms with Crippen LogP contribution >= 0.6 is 0 Å². The SMILES string of the molecule is COc1ccc(C(=O)N=C(NC(=O)c2ccc(OC)cc2OC)[Se]C(C)C)c(OC)c1. The second-order valence-corrected chi connectivity index (χ2v) is 9.76. The molecule has 0 fully saturated rings. The van der Waals surface area contributed by atoms with E-state index in [1.807, 2.05) is 13.8 Å². The summed E-state index contributed by atoms with van der Waals surface area (Å²) in [6.07, 6.45) is 0. The van der Waals surface area contributed by atoms with Gasteiger partial charge in [0.15, 0.2) is 0 Å². The fraction of sp³-hybridized carbons (Fsp3) is 0.318. The molecule has 0 aliphatic carbocycles. The number of nitrogens with one attached hydrogen (secondary N) is 1. The van der Waals surface area contributed by atoms with Gasteiger partial charge in [0, 0.05) is 0 Å². The fourth-order valence-corrected chi connectivity index (χ4v) is 4.12. The van der Waals surface area contributed by atoms with E-state index in [1.165, 1.54) is 28.4 Å². The van der Waals surface area contributed by atoms with Crippen molar-refractivity contribution in [2.75, 3.05) is 28.4 Å². The van der Waals surface area contributed by atoms with Crippen molar-refractivity contribution in [3.05, 3.63) is 47.5 Å². The number of methoxy groups -OCH3 is 4. The van der Waals surface area contributed by atoms with Crippen molar-refractivity contribution >= 4 is 31.5 Å². The molecule has 0 atom stereocenters. The van der Waals surface area contributed by atoms with Gasteiger partial charge in [-0.3, -0.25) is 0 Å². The van der Waals surface area contributed by atoms with Gasteiger partial charge < -0.3 is 0 Å². The summed E-state index contributed by atoms with van der Waals surface area (Å²) in [4.78, 5) is 30.1. The molecule has 0 aliphatic rings. The Bertz CT molecular complexity index is 974. The van der Waals surface area contributed by atoms with Crippen molar-refractivity contribution in [3.8, 4) is 23.0 Å². The molecule has 0 aromatic heterocycles. The number of aliphatic imine (C=N–C) groups is 1. The van der Waals surface area contributed by atoms with E-state index in [4.69, 9.17) is 18.9 Å². The molecule has 0 aliphatic heterocycles. The Morgan fingerprint density at radius 2 is 1.35 bits per heavy atom. The Morgan fingerprint density at radius 3 is 1.84 bits per heavy atom. The van der Waals surface area contributed by atoms with Crippen molar-refractivity contribution in [1.29, 1.82) is 0 Å². The molecule has 0 spiro atoms. The predicted octanol–water partition coefficient (Wildman–Crippen LogP) is 3.18. The van der Waals surface area contributed by atoms with E-state index < -0.39 is 11.8 Å². The number of carbonyl (C=O) groups is 2. The number of hydrogen-bond acceptors (Lipinski definition) is 6. The van der Waals surface area contributed by atoms with Crippen LogP contribution in [0.1, 0.15) is 34.6 Å². The third kappa shape index (κ3) is 6.47. The van der Waals surface area contributed by atoms with E-state index in [0.717, 1.165) is 0 Å². The Balaban J connectivity index is 2.34. The maximum absolute atomic E-state index is 12.9. The summed E-state index contributed by atoms with van der Waals surface area (Å²) in [5.74, 6) is 0.887. The van der Waals surface area contributed by atoms with Crippen LogP contribution in [0.4, 0.5) is 0 Å². The van der Waals surface area contributed by atoms with Gasteiger partial charge in [-0.2, -0.15) is 0 Å². The summed E-state index contributed by atoms with van der Waals surface area (Å²) in [7, 11) is 5.99. The first kappa shape index (κ1) is 24.2. The normalized spacial score (nSPS) is 11.1. The van der Waals surface area contributed by atoms with E-state index in [-0.39, 0.29) is 25.3 Å². The Hall–Kier alpha value is -3.03. The van der Waals surface area contributed by atoms with Crippen molar-refractivity contribution in [2.24, 2.45) is 4.99 Å². The molecule has 2 amide bonds. The molecule has 0 bridgehead atoms. The van der Waals surface area contributed by atoms with E-state index in [1.54, 1.807) is 36.4 Å². The summed E-state index contributed by atoms with van der Waals surface area (Å²) in [6, 6.07) is 9.72. The van der Waals surface area contributed by atoms with E-state index in [2.05, 4.69) is 10.3 Å². The fourth-order valence-electron chi connectivity index (χ4n) is 2.59. The van der Waals surface area contributed by atoms with Crippen LogP contribution in [0, 0.1) is 0 Å². The number of nitrogens with zero attached hydrogens (tertiary/aromatic N) is 1. The number of benzene rings is 2. The van der Waals surface area contributed by atoms with Crippen LogP contribution < -0.4 is 24.3 Å². The van der Waals surface area contributed by atoms with E-state index in [0.29, 0.717) is 33.3 Å². The molecular formula is C22H26N2O6Se. The van der Waals surface area contributed by atoms with Crippen LogP contribution in [0.15, 0.2) is 41.4 Å². The molecule has 2 aromatic rings. The van der Waals surface area contributed by atoms with Gasteiger partial charge in [-0.1, -0.05) is 0 Å². The van der Waals surface area contributed by atoms with Gasteiger partial charge in [0.05, 0.1) is 0 Å². The van der Waals surface area contributed by atoms with Gasteiger partial charge in [-0.25, -0.2) is 0 Å². The first-order valence-electron chi connectivity index (χ1n) is 9.38. The molecular weight excluding hydrogens is 467 g/mol. The Kier molecular flexibility index (Phi) is 8.90. The number of rotatable bonds is 8. The minimum absolute atomic E-state index is 0.217. The number of amidine groups is 1. The molecule has 2 aromatic carbocycles. The Labute approximate surface area is 188 Å². The van der Waals surface area contributed by atoms with Crippen molar-refractivity contribution in [2.45, 2.75) is 18.7 Å². The molecule has 0 unspecified atom stereocenters. The topological polar surface area (TPSA) is 95.5 Å². The molecule has 0 saturated heterocycles. The summed E-state index contributed by atoms with van der Waals surface area (Å²) in [5.41, 5.74) is 0.585. The third-order valence-corrected chi connectivity index (χ3v) is 5.93. The van der Waals surface area contributed by atoms with Crippen LogP contribution in [0.3, 0.4) is 0 Å². The monoisotopic (exact) mass is 494 g/mol. The first-order chi connectivity index (χ1) is 14.8. The van der Waals surface area contributed by atoms with Crippen LogP contribution in [0.5, 0.6) is 23.0 Å². The maximum atomic E-state index is 12.9. The average molecular weight is 493 g/mol. The number of amides is 2. The van der Waals surface area contributed by atoms with Crippen LogP contribution in [-0.4, -0.2) is 59.9 Å². The molecule has 8 nitrogen and oxygen atoms in total. The minimum atomic E-state index is -0.515. The average Bonchev–Trinajstić information content (AvgIpc) is 2.77. The van der Waals surface area contributed by atoms with Gasteiger partial charge in [0.2, 0.25) is 0 Å². The molecule has 31 heavy (non-hydrogen) atoms. The van der Waals surface area contributed by atoms with E-state index in [9.17, 15) is 9.59 Å². The number of carbonyl (C=O) groups excluding carboxylic acids is 2. The van der Waals surface area contributed by atoms with Crippen LogP contribution in [0.25, 0.3) is 0 Å². The van der Waals surface area contributed by atoms with Crippen molar-refractivity contribution in [1.82, 2.24) is 5.32 Å². The zero-order chi connectivity index (χ0) is 23.0. The van der Waals surface area contributed by atoms with Gasteiger partial charge in [0.1, 0.15) is 0 Å². The molecule has 0 heterocycles. The van der Waals surface area contributed by atoms with Gasteiger partial charge >= 0.3 is 188 Å². The number of ether oxygens (including phenoxy) is 4. The first-order valence-corrected chi connectivity index (χ1v) is 11.2. The standard InChI is InChI=1S/C22H26N2O6Se/c1-13(2)31-22(23-20(25)16-9-7-14(27-3)11-18(16)29-5)24-21(26)17-10-8-15(28-4)12-19(17)30-6/h7-13H,1-6H3,(H,23,24,25,26). The summed E-state index contributed by atoms with van der Waals surface area (Å²) >= 11 is -0.245. The second-order valence-electron chi connectivity index (χ2n) is 6.48. The van der Waals surface area contributed by atoms with Gasteiger partial charge in [0.25, 0.3) is 0 Å². The van der Waals surface area contributed by atoms with Crippen LogP contribution in [0.2, 0.25) is 4.82 Å². The molecule has 0 saturated carbocycles. The van der Waals surface area contributed by atoms with E-state index >= 15 is 0 Å². The van der Waals surface area contributed by atoms with Crippen LogP contribution in [-0.2, 0) is 0 Å². The van der Waals surface area contributed by atoms with Crippen molar-refractivity contribution in [3.63, 3.8) is 0 Å². The quantitative estimate of drug-likeness (QED) is 0.345. The van der Waals surface area contributed by atoms with Crippen molar-refractivity contribution < 1.29 is 28.5 Å². The third-order valence-electron chi connectivity index (χ3n) is 4.06. The molecule has 2 rings (SSSR count). The molecule has 1 N–H and O–H groups in total. The van der Waals surface area contributed by atoms with Gasteiger partial charge in [-0.15, -0.1) is 0 Å². The second kappa shape index (κ2) is 11.4. The predicted molar refractivity (Wildman–Crippen MR) is 119 cm³/mol. The Morgan fingerprint density at radius 1 is 0.839 bits per heavy atom. The molecule has 9 heteroatoms. The zero-order valence-corrected chi connectivity index (χ0v) is 20.1. The summed E-state index contributed by atoms with van der Waals surface area (Å²) in [5, 5.41) is 2.77. The molecule has 166 valence electrons. The zero-order valence-electron chi connectivity index (χ0n) is 18.3.